The van der Waals surface area contributed by atoms with E-state index in [0.29, 0.717) is 30.1 Å². The summed E-state index contributed by atoms with van der Waals surface area (Å²) in [5.74, 6) is -0.460. The highest BCUT2D eigenvalue weighted by molar-refractivity contribution is 6.31. The van der Waals surface area contributed by atoms with E-state index in [9.17, 15) is 9.59 Å². The van der Waals surface area contributed by atoms with Gasteiger partial charge in [0.2, 0.25) is 11.8 Å². The third-order valence-electron chi connectivity index (χ3n) is 4.58. The Kier molecular flexibility index (Phi) is 4.60. The van der Waals surface area contributed by atoms with Crippen LogP contribution in [-0.2, 0) is 14.3 Å². The molecule has 2 amide bonds. The van der Waals surface area contributed by atoms with Crippen LogP contribution < -0.4 is 10.6 Å². The van der Waals surface area contributed by atoms with Crippen LogP contribution in [0.5, 0.6) is 0 Å². The lowest BCUT2D eigenvalue weighted by Gasteiger charge is -2.18. The van der Waals surface area contributed by atoms with Gasteiger partial charge in [-0.15, -0.1) is 0 Å². The Balaban J connectivity index is 1.61. The molecule has 3 rings (SSSR count). The minimum Gasteiger partial charge on any atom is -0.376 e. The lowest BCUT2D eigenvalue weighted by Crippen LogP contribution is -2.42. The number of carbonyl (C=O) groups excluding carboxylic acids is 2. The molecule has 5 nitrogen and oxygen atoms in total. The molecule has 1 aliphatic heterocycles. The summed E-state index contributed by atoms with van der Waals surface area (Å²) in [5.41, 5.74) is 0.631. The molecule has 124 valence electrons. The predicted octanol–water partition coefficient (Wildman–Crippen LogP) is 2.66. The third kappa shape index (κ3) is 3.51. The molecule has 0 aromatic heterocycles. The lowest BCUT2D eigenvalue weighted by atomic mass is 10.0. The summed E-state index contributed by atoms with van der Waals surface area (Å²) in [4.78, 5) is 25.0. The van der Waals surface area contributed by atoms with Crippen molar-refractivity contribution in [1.82, 2.24) is 5.32 Å². The first kappa shape index (κ1) is 16.3. The maximum Gasteiger partial charge on any atom is 0.240 e. The van der Waals surface area contributed by atoms with E-state index >= 15 is 0 Å². The number of nitrogens with one attached hydrogen (secondary N) is 2. The number of hydrogen-bond donors (Lipinski definition) is 2. The van der Waals surface area contributed by atoms with E-state index in [1.165, 1.54) is 0 Å². The first-order chi connectivity index (χ1) is 11.0. The van der Waals surface area contributed by atoms with E-state index in [2.05, 4.69) is 10.6 Å². The zero-order valence-corrected chi connectivity index (χ0v) is 13.9. The van der Waals surface area contributed by atoms with Gasteiger partial charge in [0.05, 0.1) is 6.10 Å². The van der Waals surface area contributed by atoms with E-state index in [1.807, 2.05) is 13.0 Å². The standard InChI is InChI=1S/C17H21ClN2O3/c1-11-4-5-12(18)9-14(11)20-16(22)17(6-7-17)15(21)19-10-13-3-2-8-23-13/h4-5,9,13H,2-3,6-8,10H2,1H3,(H,19,21)(H,20,22). The summed E-state index contributed by atoms with van der Waals surface area (Å²) in [6, 6.07) is 5.32. The van der Waals surface area contributed by atoms with Gasteiger partial charge in [0, 0.05) is 23.9 Å². The molecule has 1 aliphatic carbocycles. The average Bonchev–Trinajstić information content (AvgIpc) is 3.18. The van der Waals surface area contributed by atoms with Crippen molar-refractivity contribution < 1.29 is 14.3 Å². The summed E-state index contributed by atoms with van der Waals surface area (Å²) in [7, 11) is 0. The molecular weight excluding hydrogens is 316 g/mol. The van der Waals surface area contributed by atoms with E-state index in [0.717, 1.165) is 25.0 Å². The van der Waals surface area contributed by atoms with Crippen LogP contribution in [-0.4, -0.2) is 31.1 Å². The number of anilines is 1. The topological polar surface area (TPSA) is 67.4 Å². The molecule has 1 saturated carbocycles. The Morgan fingerprint density at radius 3 is 2.78 bits per heavy atom. The molecule has 23 heavy (non-hydrogen) atoms. The molecule has 1 unspecified atom stereocenters. The van der Waals surface area contributed by atoms with Gasteiger partial charge in [0.25, 0.3) is 0 Å². The van der Waals surface area contributed by atoms with E-state index in [-0.39, 0.29) is 17.9 Å². The average molecular weight is 337 g/mol. The van der Waals surface area contributed by atoms with Gasteiger partial charge < -0.3 is 15.4 Å². The molecular formula is C17H21ClN2O3. The quantitative estimate of drug-likeness (QED) is 0.812. The van der Waals surface area contributed by atoms with Crippen LogP contribution in [0.4, 0.5) is 5.69 Å². The fraction of sp³-hybridized carbons (Fsp3) is 0.529. The molecule has 0 spiro atoms. The number of carbonyl (C=O) groups is 2. The molecule has 2 aliphatic rings. The molecule has 2 N–H and O–H groups in total. The maximum atomic E-state index is 12.6. The van der Waals surface area contributed by atoms with Crippen LogP contribution in [0, 0.1) is 12.3 Å². The zero-order valence-electron chi connectivity index (χ0n) is 13.2. The summed E-state index contributed by atoms with van der Waals surface area (Å²) in [5, 5.41) is 6.27. The zero-order chi connectivity index (χ0) is 16.4. The second kappa shape index (κ2) is 6.49. The minimum absolute atomic E-state index is 0.0768. The van der Waals surface area contributed by atoms with E-state index < -0.39 is 5.41 Å². The Morgan fingerprint density at radius 2 is 2.13 bits per heavy atom. The van der Waals surface area contributed by atoms with Crippen molar-refractivity contribution in [2.45, 2.75) is 38.7 Å². The highest BCUT2D eigenvalue weighted by atomic mass is 35.5. The largest absolute Gasteiger partial charge is 0.376 e. The van der Waals surface area contributed by atoms with Crippen LogP contribution in [0.3, 0.4) is 0 Å². The van der Waals surface area contributed by atoms with E-state index in [1.54, 1.807) is 12.1 Å². The molecule has 1 aromatic carbocycles. The number of aryl methyl sites for hydroxylation is 1. The van der Waals surface area contributed by atoms with Gasteiger partial charge in [-0.1, -0.05) is 17.7 Å². The first-order valence-corrected chi connectivity index (χ1v) is 8.36. The Hall–Kier alpha value is -1.59. The maximum absolute atomic E-state index is 12.6. The van der Waals surface area contributed by atoms with Crippen LogP contribution in [0.1, 0.15) is 31.2 Å². The fourth-order valence-electron chi connectivity index (χ4n) is 2.83. The number of ether oxygens (including phenoxy) is 1. The molecule has 6 heteroatoms. The van der Waals surface area contributed by atoms with Gasteiger partial charge in [-0.3, -0.25) is 9.59 Å². The molecule has 1 saturated heterocycles. The minimum atomic E-state index is -0.937. The van der Waals surface area contributed by atoms with Crippen molar-refractivity contribution in [2.24, 2.45) is 5.41 Å². The predicted molar refractivity (Wildman–Crippen MR) is 88.5 cm³/mol. The second-order valence-corrected chi connectivity index (χ2v) is 6.78. The lowest BCUT2D eigenvalue weighted by molar-refractivity contribution is -0.134. The molecule has 1 heterocycles. The number of amides is 2. The van der Waals surface area contributed by atoms with Crippen LogP contribution in [0.15, 0.2) is 18.2 Å². The summed E-state index contributed by atoms with van der Waals surface area (Å²) >= 11 is 5.97. The van der Waals surface area contributed by atoms with Crippen molar-refractivity contribution >= 4 is 29.1 Å². The van der Waals surface area contributed by atoms with Gasteiger partial charge in [0.15, 0.2) is 0 Å². The van der Waals surface area contributed by atoms with Crippen molar-refractivity contribution in [3.05, 3.63) is 28.8 Å². The fourth-order valence-corrected chi connectivity index (χ4v) is 3.01. The monoisotopic (exact) mass is 336 g/mol. The van der Waals surface area contributed by atoms with Crippen LogP contribution >= 0.6 is 11.6 Å². The van der Waals surface area contributed by atoms with Gasteiger partial charge >= 0.3 is 0 Å². The number of hydrogen-bond acceptors (Lipinski definition) is 3. The summed E-state index contributed by atoms with van der Waals surface area (Å²) in [6.07, 6.45) is 3.22. The Bertz CT molecular complexity index is 622. The normalized spacial score (nSPS) is 21.7. The highest BCUT2D eigenvalue weighted by Crippen LogP contribution is 2.47. The summed E-state index contributed by atoms with van der Waals surface area (Å²) in [6.45, 7) is 3.12. The molecule has 1 atom stereocenters. The Morgan fingerprint density at radius 1 is 1.35 bits per heavy atom. The Labute approximate surface area is 140 Å². The number of rotatable bonds is 5. The number of benzene rings is 1. The highest BCUT2D eigenvalue weighted by Gasteiger charge is 2.56. The van der Waals surface area contributed by atoms with Gasteiger partial charge in [-0.2, -0.15) is 0 Å². The van der Waals surface area contributed by atoms with Crippen LogP contribution in [0.25, 0.3) is 0 Å². The first-order valence-electron chi connectivity index (χ1n) is 7.99. The van der Waals surface area contributed by atoms with Crippen molar-refractivity contribution in [2.75, 3.05) is 18.5 Å². The molecule has 0 bridgehead atoms. The third-order valence-corrected chi connectivity index (χ3v) is 4.82. The molecule has 2 fully saturated rings. The smallest absolute Gasteiger partial charge is 0.240 e. The molecule has 0 radical (unpaired) electrons. The van der Waals surface area contributed by atoms with Crippen LogP contribution in [0.2, 0.25) is 5.02 Å². The van der Waals surface area contributed by atoms with Crippen molar-refractivity contribution in [1.29, 1.82) is 0 Å². The van der Waals surface area contributed by atoms with Gasteiger partial charge in [-0.05, 0) is 50.3 Å². The second-order valence-electron chi connectivity index (χ2n) is 6.34. The SMILES string of the molecule is Cc1ccc(Cl)cc1NC(=O)C1(C(=O)NCC2CCCO2)CC1. The number of halogens is 1. The molecule has 1 aromatic rings. The van der Waals surface area contributed by atoms with Gasteiger partial charge in [-0.25, -0.2) is 0 Å². The van der Waals surface area contributed by atoms with Crippen molar-refractivity contribution in [3.63, 3.8) is 0 Å². The summed E-state index contributed by atoms with van der Waals surface area (Å²) < 4.78 is 5.49. The van der Waals surface area contributed by atoms with Crippen molar-refractivity contribution in [3.8, 4) is 0 Å². The van der Waals surface area contributed by atoms with E-state index in [4.69, 9.17) is 16.3 Å². The van der Waals surface area contributed by atoms with Gasteiger partial charge in [0.1, 0.15) is 5.41 Å².